The summed E-state index contributed by atoms with van der Waals surface area (Å²) in [6.45, 7) is 6.39. The van der Waals surface area contributed by atoms with Crippen LogP contribution in [0.25, 0.3) is 0 Å². The molecule has 0 spiro atoms. The standard InChI is InChI=1S/C14H22O/c1-4-11(3)14(15)13(5-2)12-9-7-6-8-10-12/h6-11,13-15H,4-5H2,1-3H3. The number of benzene rings is 1. The van der Waals surface area contributed by atoms with Crippen molar-refractivity contribution in [2.75, 3.05) is 0 Å². The average molecular weight is 206 g/mol. The maximum absolute atomic E-state index is 10.2. The molecule has 1 heteroatoms. The second kappa shape index (κ2) is 5.92. The van der Waals surface area contributed by atoms with Gasteiger partial charge in [0.2, 0.25) is 0 Å². The van der Waals surface area contributed by atoms with Crippen molar-refractivity contribution in [2.45, 2.75) is 45.6 Å². The van der Waals surface area contributed by atoms with Crippen LogP contribution >= 0.6 is 0 Å². The summed E-state index contributed by atoms with van der Waals surface area (Å²) in [5.74, 6) is 0.649. The molecule has 3 atom stereocenters. The first-order valence-corrected chi connectivity index (χ1v) is 5.93. The Bertz CT molecular complexity index is 268. The third-order valence-electron chi connectivity index (χ3n) is 3.31. The topological polar surface area (TPSA) is 20.2 Å². The Kier molecular flexibility index (Phi) is 4.83. The zero-order chi connectivity index (χ0) is 11.3. The van der Waals surface area contributed by atoms with E-state index in [4.69, 9.17) is 0 Å². The van der Waals surface area contributed by atoms with Gasteiger partial charge < -0.3 is 5.11 Å². The van der Waals surface area contributed by atoms with E-state index in [1.165, 1.54) is 5.56 Å². The molecule has 0 aliphatic carbocycles. The van der Waals surface area contributed by atoms with Crippen LogP contribution < -0.4 is 0 Å². The second-order valence-electron chi connectivity index (χ2n) is 4.30. The van der Waals surface area contributed by atoms with Gasteiger partial charge in [0.25, 0.3) is 0 Å². The minimum absolute atomic E-state index is 0.220. The van der Waals surface area contributed by atoms with Gasteiger partial charge in [-0.15, -0.1) is 0 Å². The molecule has 1 aromatic rings. The van der Waals surface area contributed by atoms with Gasteiger partial charge in [-0.2, -0.15) is 0 Å². The number of hydrogen-bond acceptors (Lipinski definition) is 1. The van der Waals surface area contributed by atoms with Gasteiger partial charge in [0.1, 0.15) is 0 Å². The smallest absolute Gasteiger partial charge is 0.0634 e. The van der Waals surface area contributed by atoms with Crippen molar-refractivity contribution in [3.63, 3.8) is 0 Å². The van der Waals surface area contributed by atoms with Crippen LogP contribution in [0.1, 0.15) is 45.1 Å². The summed E-state index contributed by atoms with van der Waals surface area (Å²) < 4.78 is 0. The van der Waals surface area contributed by atoms with Gasteiger partial charge in [-0.1, -0.05) is 57.5 Å². The molecule has 84 valence electrons. The fourth-order valence-electron chi connectivity index (χ4n) is 2.01. The maximum Gasteiger partial charge on any atom is 0.0634 e. The lowest BCUT2D eigenvalue weighted by Crippen LogP contribution is -2.25. The Morgan fingerprint density at radius 2 is 1.67 bits per heavy atom. The highest BCUT2D eigenvalue weighted by Crippen LogP contribution is 2.28. The molecule has 0 aliphatic heterocycles. The van der Waals surface area contributed by atoms with Crippen LogP contribution in [-0.4, -0.2) is 11.2 Å². The van der Waals surface area contributed by atoms with E-state index in [1.807, 2.05) is 18.2 Å². The van der Waals surface area contributed by atoms with Gasteiger partial charge >= 0.3 is 0 Å². The first-order valence-electron chi connectivity index (χ1n) is 5.93. The highest BCUT2D eigenvalue weighted by Gasteiger charge is 2.23. The first-order chi connectivity index (χ1) is 7.20. The number of aliphatic hydroxyl groups excluding tert-OH is 1. The van der Waals surface area contributed by atoms with Crippen molar-refractivity contribution in [1.82, 2.24) is 0 Å². The highest BCUT2D eigenvalue weighted by molar-refractivity contribution is 5.20. The molecule has 0 bridgehead atoms. The van der Waals surface area contributed by atoms with Crippen LogP contribution in [0.4, 0.5) is 0 Å². The first kappa shape index (κ1) is 12.3. The molecule has 0 aliphatic rings. The van der Waals surface area contributed by atoms with E-state index in [1.54, 1.807) is 0 Å². The zero-order valence-electron chi connectivity index (χ0n) is 9.98. The molecule has 0 amide bonds. The van der Waals surface area contributed by atoms with Gasteiger partial charge in [0.15, 0.2) is 0 Å². The van der Waals surface area contributed by atoms with Crippen molar-refractivity contribution < 1.29 is 5.11 Å². The van der Waals surface area contributed by atoms with Crippen LogP contribution in [0, 0.1) is 5.92 Å². The summed E-state index contributed by atoms with van der Waals surface area (Å²) in [4.78, 5) is 0. The van der Waals surface area contributed by atoms with E-state index in [2.05, 4.69) is 32.9 Å². The minimum atomic E-state index is -0.220. The van der Waals surface area contributed by atoms with Gasteiger partial charge in [-0.3, -0.25) is 0 Å². The van der Waals surface area contributed by atoms with Crippen molar-refractivity contribution >= 4 is 0 Å². The molecule has 0 heterocycles. The third kappa shape index (κ3) is 3.07. The summed E-state index contributed by atoms with van der Waals surface area (Å²) in [5.41, 5.74) is 1.26. The highest BCUT2D eigenvalue weighted by atomic mass is 16.3. The van der Waals surface area contributed by atoms with E-state index in [-0.39, 0.29) is 12.0 Å². The van der Waals surface area contributed by atoms with E-state index in [0.717, 1.165) is 12.8 Å². The fourth-order valence-corrected chi connectivity index (χ4v) is 2.01. The predicted octanol–water partition coefficient (Wildman–Crippen LogP) is 3.59. The van der Waals surface area contributed by atoms with Gasteiger partial charge in [-0.05, 0) is 17.9 Å². The summed E-state index contributed by atoms with van der Waals surface area (Å²) in [6.07, 6.45) is 1.81. The molecule has 0 saturated carbocycles. The molecule has 1 nitrogen and oxygen atoms in total. The van der Waals surface area contributed by atoms with E-state index in [0.29, 0.717) is 5.92 Å². The molecule has 1 aromatic carbocycles. The number of hydrogen-bond donors (Lipinski definition) is 1. The lowest BCUT2D eigenvalue weighted by Gasteiger charge is -2.26. The molecule has 3 unspecified atom stereocenters. The number of rotatable bonds is 5. The Morgan fingerprint density at radius 1 is 1.07 bits per heavy atom. The SMILES string of the molecule is CCC(C)C(O)C(CC)c1ccccc1. The molecule has 0 saturated heterocycles. The normalized spacial score (nSPS) is 17.1. The third-order valence-corrected chi connectivity index (χ3v) is 3.31. The Balaban J connectivity index is 2.80. The second-order valence-corrected chi connectivity index (χ2v) is 4.30. The lowest BCUT2D eigenvalue weighted by molar-refractivity contribution is 0.0846. The van der Waals surface area contributed by atoms with Gasteiger partial charge in [0.05, 0.1) is 6.10 Å². The molecule has 0 fully saturated rings. The van der Waals surface area contributed by atoms with Crippen LogP contribution in [-0.2, 0) is 0 Å². The summed E-state index contributed by atoms with van der Waals surface area (Å²) in [5, 5.41) is 10.2. The van der Waals surface area contributed by atoms with E-state index < -0.39 is 0 Å². The molecular formula is C14H22O. The predicted molar refractivity (Wildman–Crippen MR) is 64.9 cm³/mol. The maximum atomic E-state index is 10.2. The lowest BCUT2D eigenvalue weighted by atomic mass is 9.84. The van der Waals surface area contributed by atoms with Crippen LogP contribution in [0.2, 0.25) is 0 Å². The van der Waals surface area contributed by atoms with Crippen LogP contribution in [0.3, 0.4) is 0 Å². The summed E-state index contributed by atoms with van der Waals surface area (Å²) in [6, 6.07) is 10.3. The fraction of sp³-hybridized carbons (Fsp3) is 0.571. The molecule has 0 aromatic heterocycles. The minimum Gasteiger partial charge on any atom is -0.392 e. The Morgan fingerprint density at radius 3 is 2.13 bits per heavy atom. The van der Waals surface area contributed by atoms with Crippen molar-refractivity contribution in [1.29, 1.82) is 0 Å². The Hall–Kier alpha value is -0.820. The van der Waals surface area contributed by atoms with Crippen molar-refractivity contribution in [2.24, 2.45) is 5.92 Å². The molecular weight excluding hydrogens is 184 g/mol. The zero-order valence-corrected chi connectivity index (χ0v) is 9.98. The largest absolute Gasteiger partial charge is 0.392 e. The van der Waals surface area contributed by atoms with Crippen LogP contribution in [0.5, 0.6) is 0 Å². The summed E-state index contributed by atoms with van der Waals surface area (Å²) in [7, 11) is 0. The molecule has 1 rings (SSSR count). The van der Waals surface area contributed by atoms with E-state index >= 15 is 0 Å². The Labute approximate surface area is 93.1 Å². The van der Waals surface area contributed by atoms with Gasteiger partial charge in [-0.25, -0.2) is 0 Å². The van der Waals surface area contributed by atoms with E-state index in [9.17, 15) is 5.11 Å². The molecule has 0 radical (unpaired) electrons. The molecule has 15 heavy (non-hydrogen) atoms. The van der Waals surface area contributed by atoms with Crippen LogP contribution in [0.15, 0.2) is 30.3 Å². The quantitative estimate of drug-likeness (QED) is 0.780. The monoisotopic (exact) mass is 206 g/mol. The average Bonchev–Trinajstić information content (AvgIpc) is 2.30. The summed E-state index contributed by atoms with van der Waals surface area (Å²) >= 11 is 0. The van der Waals surface area contributed by atoms with Crippen molar-refractivity contribution in [3.05, 3.63) is 35.9 Å². The molecule has 1 N–H and O–H groups in total. The van der Waals surface area contributed by atoms with Crippen molar-refractivity contribution in [3.8, 4) is 0 Å². The number of aliphatic hydroxyl groups is 1. The van der Waals surface area contributed by atoms with Gasteiger partial charge in [0, 0.05) is 5.92 Å².